The molecule has 0 saturated heterocycles. The molecule has 0 unspecified atom stereocenters. The first-order valence-corrected chi connectivity index (χ1v) is 6.95. The van der Waals surface area contributed by atoms with Crippen molar-refractivity contribution >= 4 is 23.5 Å². The molecule has 3 heterocycles. The summed E-state index contributed by atoms with van der Waals surface area (Å²) in [4.78, 5) is 11.9. The van der Waals surface area contributed by atoms with Crippen molar-refractivity contribution in [1.29, 1.82) is 0 Å². The lowest BCUT2D eigenvalue weighted by Crippen LogP contribution is -2.16. The minimum Gasteiger partial charge on any atom is -0.312 e. The zero-order valence-electron chi connectivity index (χ0n) is 11.0. The Balaban J connectivity index is 1.63. The predicted octanol–water partition coefficient (Wildman–Crippen LogP) is 0.720. The molecule has 0 aliphatic rings. The molecule has 21 heavy (non-hydrogen) atoms. The van der Waals surface area contributed by atoms with Crippen LogP contribution in [0.15, 0.2) is 40.6 Å². The Bertz CT molecular complexity index is 733. The number of aromatic nitrogens is 6. The summed E-state index contributed by atoms with van der Waals surface area (Å²) in [6, 6.07) is 3.68. The van der Waals surface area contributed by atoms with Gasteiger partial charge < -0.3 is 14.5 Å². The highest BCUT2D eigenvalue weighted by molar-refractivity contribution is 7.99. The number of rotatable bonds is 5. The second-order valence-electron chi connectivity index (χ2n) is 4.09. The molecule has 0 fully saturated rings. The Morgan fingerprint density at radius 2 is 2.19 bits per heavy atom. The van der Waals surface area contributed by atoms with Crippen molar-refractivity contribution in [3.05, 3.63) is 30.9 Å². The van der Waals surface area contributed by atoms with Crippen LogP contribution in [0.25, 0.3) is 5.82 Å². The molecule has 0 atom stereocenters. The van der Waals surface area contributed by atoms with Crippen molar-refractivity contribution in [2.75, 3.05) is 11.1 Å². The van der Waals surface area contributed by atoms with Crippen LogP contribution in [-0.2, 0) is 11.8 Å². The van der Waals surface area contributed by atoms with E-state index in [0.717, 1.165) is 0 Å². The van der Waals surface area contributed by atoms with Crippen LogP contribution in [0.4, 0.5) is 5.82 Å². The molecular formula is C11H11N7O2S. The van der Waals surface area contributed by atoms with Gasteiger partial charge in [-0.3, -0.25) is 4.79 Å². The number of aryl methyl sites for hydroxylation is 1. The SMILES string of the molecule is Cn1cnnc1SCC(=O)Nc1nonc1-n1cccc1. The van der Waals surface area contributed by atoms with E-state index in [-0.39, 0.29) is 17.5 Å². The first kappa shape index (κ1) is 13.4. The van der Waals surface area contributed by atoms with Gasteiger partial charge >= 0.3 is 0 Å². The fraction of sp³-hybridized carbons (Fsp3) is 0.182. The number of thioether (sulfide) groups is 1. The van der Waals surface area contributed by atoms with E-state index in [0.29, 0.717) is 11.0 Å². The summed E-state index contributed by atoms with van der Waals surface area (Å²) < 4.78 is 8.10. The molecule has 0 saturated carbocycles. The second-order valence-corrected chi connectivity index (χ2v) is 5.03. The summed E-state index contributed by atoms with van der Waals surface area (Å²) >= 11 is 1.28. The third kappa shape index (κ3) is 2.94. The van der Waals surface area contributed by atoms with Crippen molar-refractivity contribution in [3.63, 3.8) is 0 Å². The quantitative estimate of drug-likeness (QED) is 0.692. The molecule has 10 heteroatoms. The Labute approximate surface area is 123 Å². The number of hydrogen-bond acceptors (Lipinski definition) is 7. The third-order valence-electron chi connectivity index (χ3n) is 2.58. The maximum Gasteiger partial charge on any atom is 0.236 e. The summed E-state index contributed by atoms with van der Waals surface area (Å²) in [6.07, 6.45) is 5.14. The lowest BCUT2D eigenvalue weighted by Gasteiger charge is -2.03. The first-order valence-electron chi connectivity index (χ1n) is 5.96. The topological polar surface area (TPSA) is 104 Å². The van der Waals surface area contributed by atoms with Crippen molar-refractivity contribution in [2.24, 2.45) is 7.05 Å². The molecule has 108 valence electrons. The Hall–Kier alpha value is -2.62. The average Bonchev–Trinajstić information content (AvgIpc) is 3.17. The zero-order chi connectivity index (χ0) is 14.7. The summed E-state index contributed by atoms with van der Waals surface area (Å²) in [6.45, 7) is 0. The summed E-state index contributed by atoms with van der Waals surface area (Å²) in [5.41, 5.74) is 0. The van der Waals surface area contributed by atoms with Gasteiger partial charge in [-0.1, -0.05) is 11.8 Å². The van der Waals surface area contributed by atoms with Crippen LogP contribution in [0.5, 0.6) is 0 Å². The number of nitrogens with zero attached hydrogens (tertiary/aromatic N) is 6. The standard InChI is InChI=1S/C11H11N7O2S/c1-17-7-12-14-11(17)21-6-8(19)13-9-10(16-20-15-9)18-4-2-3-5-18/h2-5,7H,6H2,1H3,(H,13,15,19). The van der Waals surface area contributed by atoms with Gasteiger partial charge in [0, 0.05) is 19.4 Å². The molecular weight excluding hydrogens is 294 g/mol. The normalized spacial score (nSPS) is 10.7. The predicted molar refractivity (Wildman–Crippen MR) is 74.0 cm³/mol. The van der Waals surface area contributed by atoms with Gasteiger partial charge in [-0.2, -0.15) is 0 Å². The van der Waals surface area contributed by atoms with Crippen molar-refractivity contribution < 1.29 is 9.42 Å². The van der Waals surface area contributed by atoms with Crippen LogP contribution in [0.3, 0.4) is 0 Å². The Morgan fingerprint density at radius 1 is 1.38 bits per heavy atom. The maximum atomic E-state index is 11.9. The monoisotopic (exact) mass is 305 g/mol. The van der Waals surface area contributed by atoms with E-state index in [2.05, 4.69) is 30.5 Å². The van der Waals surface area contributed by atoms with E-state index < -0.39 is 0 Å². The Kier molecular flexibility index (Phi) is 3.69. The molecule has 0 spiro atoms. The highest BCUT2D eigenvalue weighted by Crippen LogP contribution is 2.17. The van der Waals surface area contributed by atoms with Gasteiger partial charge in [0.25, 0.3) is 0 Å². The number of carbonyl (C=O) groups is 1. The third-order valence-corrected chi connectivity index (χ3v) is 3.61. The van der Waals surface area contributed by atoms with E-state index >= 15 is 0 Å². The average molecular weight is 305 g/mol. The molecule has 0 aliphatic heterocycles. The minimum atomic E-state index is -0.230. The molecule has 3 rings (SSSR count). The molecule has 1 N–H and O–H groups in total. The Morgan fingerprint density at radius 3 is 2.90 bits per heavy atom. The van der Waals surface area contributed by atoms with Gasteiger partial charge in [0.1, 0.15) is 6.33 Å². The van der Waals surface area contributed by atoms with E-state index in [1.807, 2.05) is 19.2 Å². The van der Waals surface area contributed by atoms with Gasteiger partial charge in [-0.15, -0.1) is 10.2 Å². The smallest absolute Gasteiger partial charge is 0.236 e. The highest BCUT2D eigenvalue weighted by Gasteiger charge is 2.15. The molecule has 3 aromatic rings. The fourth-order valence-electron chi connectivity index (χ4n) is 1.61. The number of anilines is 1. The van der Waals surface area contributed by atoms with Gasteiger partial charge in [0.15, 0.2) is 5.16 Å². The van der Waals surface area contributed by atoms with E-state index in [9.17, 15) is 4.79 Å². The van der Waals surface area contributed by atoms with E-state index in [4.69, 9.17) is 0 Å². The van der Waals surface area contributed by atoms with Crippen LogP contribution in [0, 0.1) is 0 Å². The highest BCUT2D eigenvalue weighted by atomic mass is 32.2. The van der Waals surface area contributed by atoms with Gasteiger partial charge in [0.2, 0.25) is 17.5 Å². The lowest BCUT2D eigenvalue weighted by atomic mass is 10.5. The largest absolute Gasteiger partial charge is 0.312 e. The van der Waals surface area contributed by atoms with Crippen LogP contribution < -0.4 is 5.32 Å². The van der Waals surface area contributed by atoms with Gasteiger partial charge in [-0.05, 0) is 22.4 Å². The number of carbonyl (C=O) groups excluding carboxylic acids is 1. The molecule has 9 nitrogen and oxygen atoms in total. The summed E-state index contributed by atoms with van der Waals surface area (Å²) in [5, 5.41) is 18.4. The summed E-state index contributed by atoms with van der Waals surface area (Å²) in [7, 11) is 1.81. The molecule has 0 radical (unpaired) electrons. The summed E-state index contributed by atoms with van der Waals surface area (Å²) in [5.74, 6) is 0.656. The number of amides is 1. The van der Waals surface area contributed by atoms with Gasteiger partial charge in [0.05, 0.1) is 5.75 Å². The zero-order valence-corrected chi connectivity index (χ0v) is 11.8. The molecule has 3 aromatic heterocycles. The maximum absolute atomic E-state index is 11.9. The van der Waals surface area contributed by atoms with Gasteiger partial charge in [-0.25, -0.2) is 4.63 Å². The molecule has 1 amide bonds. The molecule has 0 aromatic carbocycles. The van der Waals surface area contributed by atoms with Crippen LogP contribution in [0.2, 0.25) is 0 Å². The second kappa shape index (κ2) is 5.79. The van der Waals surface area contributed by atoms with Crippen molar-refractivity contribution in [1.82, 2.24) is 29.6 Å². The van der Waals surface area contributed by atoms with Crippen molar-refractivity contribution in [3.8, 4) is 5.82 Å². The van der Waals surface area contributed by atoms with Crippen LogP contribution in [0.1, 0.15) is 0 Å². The van der Waals surface area contributed by atoms with E-state index in [1.165, 1.54) is 11.8 Å². The van der Waals surface area contributed by atoms with Crippen molar-refractivity contribution in [2.45, 2.75) is 5.16 Å². The lowest BCUT2D eigenvalue weighted by molar-refractivity contribution is -0.113. The minimum absolute atomic E-state index is 0.185. The van der Waals surface area contributed by atoms with Crippen LogP contribution >= 0.6 is 11.8 Å². The molecule has 0 bridgehead atoms. The number of hydrogen-bond donors (Lipinski definition) is 1. The molecule has 0 aliphatic carbocycles. The van der Waals surface area contributed by atoms with Crippen LogP contribution in [-0.4, -0.2) is 41.3 Å². The number of nitrogens with one attached hydrogen (secondary N) is 1. The first-order chi connectivity index (χ1) is 10.2. The fourth-order valence-corrected chi connectivity index (χ4v) is 2.30. The van der Waals surface area contributed by atoms with E-state index in [1.54, 1.807) is 27.9 Å².